The Morgan fingerprint density at radius 3 is 2.65 bits per heavy atom. The van der Waals surface area contributed by atoms with Crippen molar-refractivity contribution in [3.8, 4) is 11.6 Å². The van der Waals surface area contributed by atoms with E-state index in [1.165, 1.54) is 0 Å². The second-order valence-electron chi connectivity index (χ2n) is 6.12. The Balaban J connectivity index is 2.15. The second kappa shape index (κ2) is 5.79. The zero-order chi connectivity index (χ0) is 14.8. The van der Waals surface area contributed by atoms with E-state index in [2.05, 4.69) is 43.2 Å². The van der Waals surface area contributed by atoms with E-state index in [0.29, 0.717) is 29.9 Å². The lowest BCUT2D eigenvalue weighted by molar-refractivity contribution is 0.247. The minimum absolute atomic E-state index is 0.130. The molecule has 0 bridgehead atoms. The van der Waals surface area contributed by atoms with E-state index < -0.39 is 0 Å². The van der Waals surface area contributed by atoms with Crippen molar-refractivity contribution in [3.05, 3.63) is 23.8 Å². The van der Waals surface area contributed by atoms with Gasteiger partial charge in [-0.05, 0) is 30.5 Å². The van der Waals surface area contributed by atoms with Gasteiger partial charge in [-0.2, -0.15) is 4.98 Å². The molecule has 2 aromatic heterocycles. The molecule has 0 fully saturated rings. The van der Waals surface area contributed by atoms with Crippen molar-refractivity contribution in [2.45, 2.75) is 47.1 Å². The van der Waals surface area contributed by atoms with Crippen LogP contribution in [0.25, 0.3) is 11.6 Å². The van der Waals surface area contributed by atoms with E-state index in [1.54, 1.807) is 6.26 Å². The molecule has 0 amide bonds. The van der Waals surface area contributed by atoms with Crippen LogP contribution in [-0.2, 0) is 6.42 Å². The Morgan fingerprint density at radius 1 is 1.35 bits per heavy atom. The molecule has 2 rings (SSSR count). The fraction of sp³-hybridized carbons (Fsp3) is 0.600. The average Bonchev–Trinajstić information content (AvgIpc) is 2.96. The standard InChI is InChI=1S/C15H23N3O2/c1-6-16-11(15(3,4)5)9-12-17-14(18-20-12)13-10(2)7-8-19-13/h7-8,11,16H,6,9H2,1-5H3. The Kier molecular flexibility index (Phi) is 4.28. The summed E-state index contributed by atoms with van der Waals surface area (Å²) in [4.78, 5) is 4.44. The first-order valence-electron chi connectivity index (χ1n) is 7.02. The lowest BCUT2D eigenvalue weighted by atomic mass is 9.84. The number of aromatic nitrogens is 2. The van der Waals surface area contributed by atoms with Gasteiger partial charge in [0.15, 0.2) is 5.76 Å². The molecule has 0 saturated heterocycles. The van der Waals surface area contributed by atoms with Crippen LogP contribution in [0.1, 0.15) is 39.1 Å². The van der Waals surface area contributed by atoms with Crippen molar-refractivity contribution >= 4 is 0 Å². The fourth-order valence-electron chi connectivity index (χ4n) is 2.14. The highest BCUT2D eigenvalue weighted by Gasteiger charge is 2.26. The molecule has 5 heteroatoms. The van der Waals surface area contributed by atoms with Gasteiger partial charge in [0.2, 0.25) is 11.7 Å². The lowest BCUT2D eigenvalue weighted by Gasteiger charge is -2.30. The summed E-state index contributed by atoms with van der Waals surface area (Å²) in [5, 5.41) is 7.48. The van der Waals surface area contributed by atoms with Crippen molar-refractivity contribution in [3.63, 3.8) is 0 Å². The molecule has 0 aliphatic carbocycles. The molecule has 2 heterocycles. The fourth-order valence-corrected chi connectivity index (χ4v) is 2.14. The molecule has 0 aliphatic heterocycles. The van der Waals surface area contributed by atoms with Gasteiger partial charge in [-0.15, -0.1) is 0 Å². The van der Waals surface area contributed by atoms with Crippen molar-refractivity contribution < 1.29 is 8.94 Å². The third kappa shape index (κ3) is 3.28. The predicted molar refractivity (Wildman–Crippen MR) is 77.4 cm³/mol. The molecule has 20 heavy (non-hydrogen) atoms. The molecule has 0 aromatic carbocycles. The molecule has 1 N–H and O–H groups in total. The molecule has 1 atom stereocenters. The van der Waals surface area contributed by atoms with E-state index in [9.17, 15) is 0 Å². The van der Waals surface area contributed by atoms with Gasteiger partial charge >= 0.3 is 0 Å². The Morgan fingerprint density at radius 2 is 2.10 bits per heavy atom. The summed E-state index contributed by atoms with van der Waals surface area (Å²) in [6.45, 7) is 11.6. The number of hydrogen-bond donors (Lipinski definition) is 1. The van der Waals surface area contributed by atoms with Gasteiger partial charge < -0.3 is 14.3 Å². The van der Waals surface area contributed by atoms with Gasteiger partial charge in [-0.3, -0.25) is 0 Å². The van der Waals surface area contributed by atoms with Crippen molar-refractivity contribution in [1.82, 2.24) is 15.5 Å². The highest BCUT2D eigenvalue weighted by Crippen LogP contribution is 2.24. The molecule has 1 unspecified atom stereocenters. The SMILES string of the molecule is CCNC(Cc1nc(-c2occc2C)no1)C(C)(C)C. The average molecular weight is 277 g/mol. The number of hydrogen-bond acceptors (Lipinski definition) is 5. The summed E-state index contributed by atoms with van der Waals surface area (Å²) in [6.07, 6.45) is 2.35. The first-order valence-corrected chi connectivity index (χ1v) is 7.02. The minimum Gasteiger partial charge on any atom is -0.461 e. The van der Waals surface area contributed by atoms with E-state index in [0.717, 1.165) is 12.1 Å². The summed E-state index contributed by atoms with van der Waals surface area (Å²) >= 11 is 0. The number of likely N-dealkylation sites (N-methyl/N-ethyl adjacent to an activating group) is 1. The monoisotopic (exact) mass is 277 g/mol. The highest BCUT2D eigenvalue weighted by molar-refractivity contribution is 5.50. The van der Waals surface area contributed by atoms with Crippen LogP contribution in [0.3, 0.4) is 0 Å². The molecule has 2 aromatic rings. The first-order chi connectivity index (χ1) is 9.41. The van der Waals surface area contributed by atoms with Crippen molar-refractivity contribution in [2.24, 2.45) is 5.41 Å². The molecular weight excluding hydrogens is 254 g/mol. The van der Waals surface area contributed by atoms with Gasteiger partial charge in [0.1, 0.15) is 0 Å². The molecule has 0 spiro atoms. The Labute approximate surface area is 119 Å². The van der Waals surface area contributed by atoms with Gasteiger partial charge in [-0.25, -0.2) is 0 Å². The quantitative estimate of drug-likeness (QED) is 0.909. The van der Waals surface area contributed by atoms with Crippen LogP contribution in [0.5, 0.6) is 0 Å². The Bertz CT molecular complexity index is 551. The number of nitrogens with one attached hydrogen (secondary N) is 1. The Hall–Kier alpha value is -1.62. The van der Waals surface area contributed by atoms with Crippen LogP contribution in [0, 0.1) is 12.3 Å². The van der Waals surface area contributed by atoms with Gasteiger partial charge in [0.25, 0.3) is 0 Å². The third-order valence-electron chi connectivity index (χ3n) is 3.41. The molecule has 5 nitrogen and oxygen atoms in total. The molecule has 0 radical (unpaired) electrons. The predicted octanol–water partition coefficient (Wildman–Crippen LogP) is 3.20. The third-order valence-corrected chi connectivity index (χ3v) is 3.41. The largest absolute Gasteiger partial charge is 0.461 e. The van der Waals surface area contributed by atoms with Crippen LogP contribution in [0.4, 0.5) is 0 Å². The lowest BCUT2D eigenvalue weighted by Crippen LogP contribution is -2.41. The van der Waals surface area contributed by atoms with Crippen molar-refractivity contribution in [1.29, 1.82) is 0 Å². The molecule has 0 aliphatic rings. The summed E-state index contributed by atoms with van der Waals surface area (Å²) < 4.78 is 10.7. The van der Waals surface area contributed by atoms with Crippen LogP contribution in [0.15, 0.2) is 21.3 Å². The number of aryl methyl sites for hydroxylation is 1. The number of furan rings is 1. The first kappa shape index (κ1) is 14.8. The zero-order valence-corrected chi connectivity index (χ0v) is 12.9. The maximum absolute atomic E-state index is 5.38. The zero-order valence-electron chi connectivity index (χ0n) is 12.9. The number of rotatable bonds is 5. The maximum atomic E-state index is 5.38. The van der Waals surface area contributed by atoms with E-state index in [1.807, 2.05) is 13.0 Å². The normalized spacial score (nSPS) is 13.7. The maximum Gasteiger partial charge on any atom is 0.238 e. The van der Waals surface area contributed by atoms with E-state index in [-0.39, 0.29) is 5.41 Å². The van der Waals surface area contributed by atoms with Gasteiger partial charge in [0, 0.05) is 12.5 Å². The smallest absolute Gasteiger partial charge is 0.238 e. The summed E-state index contributed by atoms with van der Waals surface area (Å²) in [5.74, 6) is 1.83. The summed E-state index contributed by atoms with van der Waals surface area (Å²) in [5.41, 5.74) is 1.14. The molecular formula is C15H23N3O2. The number of nitrogens with zero attached hydrogens (tertiary/aromatic N) is 2. The second-order valence-corrected chi connectivity index (χ2v) is 6.12. The van der Waals surface area contributed by atoms with E-state index >= 15 is 0 Å². The summed E-state index contributed by atoms with van der Waals surface area (Å²) in [6, 6.07) is 2.18. The molecule has 110 valence electrons. The van der Waals surface area contributed by atoms with E-state index in [4.69, 9.17) is 8.94 Å². The summed E-state index contributed by atoms with van der Waals surface area (Å²) in [7, 11) is 0. The van der Waals surface area contributed by atoms with Crippen LogP contribution in [0.2, 0.25) is 0 Å². The van der Waals surface area contributed by atoms with Gasteiger partial charge in [0.05, 0.1) is 6.26 Å². The van der Waals surface area contributed by atoms with Crippen molar-refractivity contribution in [2.75, 3.05) is 6.54 Å². The highest BCUT2D eigenvalue weighted by atomic mass is 16.5. The van der Waals surface area contributed by atoms with Crippen LogP contribution < -0.4 is 5.32 Å². The van der Waals surface area contributed by atoms with Crippen LogP contribution in [-0.4, -0.2) is 22.7 Å². The minimum atomic E-state index is 0.130. The molecule has 0 saturated carbocycles. The van der Waals surface area contributed by atoms with Crippen LogP contribution >= 0.6 is 0 Å². The topological polar surface area (TPSA) is 64.1 Å². The van der Waals surface area contributed by atoms with Gasteiger partial charge in [-0.1, -0.05) is 32.9 Å².